The van der Waals surface area contributed by atoms with Crippen molar-refractivity contribution in [2.24, 2.45) is 0 Å². The monoisotopic (exact) mass is 233 g/mol. The molecule has 86 valence electrons. The van der Waals surface area contributed by atoms with Gasteiger partial charge >= 0.3 is 0 Å². The summed E-state index contributed by atoms with van der Waals surface area (Å²) in [5.74, 6) is 0. The summed E-state index contributed by atoms with van der Waals surface area (Å²) in [6, 6.07) is 16.8. The Bertz CT molecular complexity index is 839. The van der Waals surface area contributed by atoms with Gasteiger partial charge in [-0.05, 0) is 35.7 Å². The van der Waals surface area contributed by atoms with Crippen LogP contribution < -0.4 is 0 Å². The fourth-order valence-electron chi connectivity index (χ4n) is 2.38. The van der Waals surface area contributed by atoms with Crippen molar-refractivity contribution in [3.05, 3.63) is 61.1 Å². The first-order valence-electron chi connectivity index (χ1n) is 5.91. The van der Waals surface area contributed by atoms with Crippen LogP contribution in [0.15, 0.2) is 61.1 Å². The number of fused-ring (bicyclic) bond motifs is 2. The molecule has 2 aromatic heterocycles. The predicted octanol–water partition coefficient (Wildman–Crippen LogP) is 3.51. The number of aromatic nitrogens is 3. The number of para-hydroxylation sites is 1. The second-order valence-corrected chi connectivity index (χ2v) is 4.35. The van der Waals surface area contributed by atoms with Gasteiger partial charge < -0.3 is 9.55 Å². The Morgan fingerprint density at radius 2 is 1.94 bits per heavy atom. The highest BCUT2D eigenvalue weighted by atomic mass is 15.0. The van der Waals surface area contributed by atoms with Gasteiger partial charge in [-0.1, -0.05) is 18.2 Å². The summed E-state index contributed by atoms with van der Waals surface area (Å²) in [6.45, 7) is 0. The van der Waals surface area contributed by atoms with E-state index in [9.17, 15) is 0 Å². The van der Waals surface area contributed by atoms with Gasteiger partial charge in [-0.25, -0.2) is 4.98 Å². The fraction of sp³-hybridized carbons (Fsp3) is 0. The van der Waals surface area contributed by atoms with Gasteiger partial charge in [0.2, 0.25) is 0 Å². The number of benzene rings is 2. The molecule has 4 rings (SSSR count). The Hall–Kier alpha value is -2.55. The zero-order chi connectivity index (χ0) is 11.9. The third-order valence-electron chi connectivity index (χ3n) is 3.28. The largest absolute Gasteiger partial charge is 0.345 e. The van der Waals surface area contributed by atoms with E-state index in [1.165, 1.54) is 10.9 Å². The summed E-state index contributed by atoms with van der Waals surface area (Å²) in [7, 11) is 0. The van der Waals surface area contributed by atoms with E-state index in [-0.39, 0.29) is 0 Å². The topological polar surface area (TPSA) is 33.6 Å². The molecule has 0 saturated heterocycles. The van der Waals surface area contributed by atoms with E-state index in [4.69, 9.17) is 0 Å². The molecule has 2 aromatic carbocycles. The summed E-state index contributed by atoms with van der Waals surface area (Å²) >= 11 is 0. The minimum absolute atomic E-state index is 0.996. The summed E-state index contributed by atoms with van der Waals surface area (Å²) in [6.07, 6.45) is 3.82. The van der Waals surface area contributed by atoms with Crippen molar-refractivity contribution in [2.45, 2.75) is 0 Å². The number of hydrogen-bond donors (Lipinski definition) is 1. The number of nitrogens with zero attached hydrogens (tertiary/aromatic N) is 2. The van der Waals surface area contributed by atoms with Gasteiger partial charge in [0.1, 0.15) is 0 Å². The Balaban J connectivity index is 2.00. The third kappa shape index (κ3) is 1.27. The van der Waals surface area contributed by atoms with E-state index < -0.39 is 0 Å². The summed E-state index contributed by atoms with van der Waals surface area (Å²) < 4.78 is 2.19. The maximum atomic E-state index is 4.24. The van der Waals surface area contributed by atoms with Gasteiger partial charge in [0, 0.05) is 11.9 Å². The quantitative estimate of drug-likeness (QED) is 0.536. The lowest BCUT2D eigenvalue weighted by atomic mass is 10.2. The van der Waals surface area contributed by atoms with Gasteiger partial charge in [-0.3, -0.25) is 0 Å². The van der Waals surface area contributed by atoms with Gasteiger partial charge in [0.25, 0.3) is 0 Å². The number of aromatic amines is 1. The summed E-state index contributed by atoms with van der Waals surface area (Å²) in [5.41, 5.74) is 4.42. The average Bonchev–Trinajstić information content (AvgIpc) is 3.04. The molecule has 0 bridgehead atoms. The van der Waals surface area contributed by atoms with Crippen LogP contribution in [0.5, 0.6) is 0 Å². The number of H-pyrrole nitrogens is 1. The second-order valence-electron chi connectivity index (χ2n) is 4.35. The maximum absolute atomic E-state index is 4.24. The molecule has 3 heteroatoms. The summed E-state index contributed by atoms with van der Waals surface area (Å²) in [5, 5.41) is 1.25. The van der Waals surface area contributed by atoms with E-state index >= 15 is 0 Å². The van der Waals surface area contributed by atoms with Crippen LogP contribution in [-0.2, 0) is 0 Å². The molecule has 2 heterocycles. The highest BCUT2D eigenvalue weighted by Gasteiger charge is 2.04. The second kappa shape index (κ2) is 3.47. The molecule has 0 unspecified atom stereocenters. The van der Waals surface area contributed by atoms with Crippen LogP contribution in [0, 0.1) is 0 Å². The maximum Gasteiger partial charge on any atom is 0.0931 e. The van der Waals surface area contributed by atoms with Crippen molar-refractivity contribution in [3.8, 4) is 5.69 Å². The van der Waals surface area contributed by atoms with Gasteiger partial charge in [-0.15, -0.1) is 0 Å². The number of imidazole rings is 1. The van der Waals surface area contributed by atoms with Crippen LogP contribution in [0.2, 0.25) is 0 Å². The van der Waals surface area contributed by atoms with Crippen molar-refractivity contribution in [2.75, 3.05) is 0 Å². The van der Waals surface area contributed by atoms with E-state index in [2.05, 4.69) is 63.2 Å². The lowest BCUT2D eigenvalue weighted by molar-refractivity contribution is 1.13. The minimum Gasteiger partial charge on any atom is -0.345 e. The first-order valence-corrected chi connectivity index (χ1v) is 5.91. The van der Waals surface area contributed by atoms with Crippen molar-refractivity contribution < 1.29 is 0 Å². The molecule has 18 heavy (non-hydrogen) atoms. The molecule has 1 N–H and O–H groups in total. The highest BCUT2D eigenvalue weighted by Crippen LogP contribution is 2.22. The van der Waals surface area contributed by atoms with Crippen LogP contribution >= 0.6 is 0 Å². The standard InChI is InChI=1S/C15H11N3/c1-2-4-15-11(3-1)7-8-18(15)12-5-6-13-14(9-12)17-10-16-13/h1-10H,(H,16,17). The Morgan fingerprint density at radius 3 is 2.94 bits per heavy atom. The van der Waals surface area contributed by atoms with E-state index in [0.29, 0.717) is 0 Å². The van der Waals surface area contributed by atoms with Gasteiger partial charge in [0.05, 0.1) is 22.9 Å². The first-order chi connectivity index (χ1) is 8.92. The molecular formula is C15H11N3. The molecule has 0 radical (unpaired) electrons. The molecule has 0 spiro atoms. The van der Waals surface area contributed by atoms with E-state index in [1.807, 2.05) is 6.07 Å². The van der Waals surface area contributed by atoms with Crippen LogP contribution in [0.3, 0.4) is 0 Å². The SMILES string of the molecule is c1ccc2c(c1)ccn2-c1ccc2nc[nH]c2c1. The van der Waals surface area contributed by atoms with Crippen LogP contribution in [0.4, 0.5) is 0 Å². The van der Waals surface area contributed by atoms with E-state index in [0.717, 1.165) is 16.7 Å². The third-order valence-corrected chi connectivity index (χ3v) is 3.28. The lowest BCUT2D eigenvalue weighted by Gasteiger charge is -2.05. The van der Waals surface area contributed by atoms with Crippen LogP contribution in [0.25, 0.3) is 27.6 Å². The van der Waals surface area contributed by atoms with Crippen molar-refractivity contribution in [1.29, 1.82) is 0 Å². The molecular weight excluding hydrogens is 222 g/mol. The first kappa shape index (κ1) is 9.48. The molecule has 0 aliphatic carbocycles. The fourth-order valence-corrected chi connectivity index (χ4v) is 2.38. The smallest absolute Gasteiger partial charge is 0.0931 e. The van der Waals surface area contributed by atoms with Crippen molar-refractivity contribution in [1.82, 2.24) is 14.5 Å². The molecule has 4 aromatic rings. The Morgan fingerprint density at radius 1 is 1.00 bits per heavy atom. The number of rotatable bonds is 1. The minimum atomic E-state index is 0.996. The summed E-state index contributed by atoms with van der Waals surface area (Å²) in [4.78, 5) is 7.38. The molecule has 0 saturated carbocycles. The zero-order valence-electron chi connectivity index (χ0n) is 9.67. The average molecular weight is 233 g/mol. The van der Waals surface area contributed by atoms with E-state index in [1.54, 1.807) is 6.33 Å². The van der Waals surface area contributed by atoms with Crippen molar-refractivity contribution >= 4 is 21.9 Å². The molecule has 0 amide bonds. The predicted molar refractivity (Wildman–Crippen MR) is 72.9 cm³/mol. The molecule has 0 aliphatic rings. The van der Waals surface area contributed by atoms with Crippen molar-refractivity contribution in [3.63, 3.8) is 0 Å². The van der Waals surface area contributed by atoms with Gasteiger partial charge in [0.15, 0.2) is 0 Å². The Labute approximate surface area is 104 Å². The molecule has 0 aliphatic heterocycles. The normalized spacial score (nSPS) is 11.3. The molecule has 0 atom stereocenters. The molecule has 0 fully saturated rings. The van der Waals surface area contributed by atoms with Crippen LogP contribution in [0.1, 0.15) is 0 Å². The lowest BCUT2D eigenvalue weighted by Crippen LogP contribution is -1.91. The number of hydrogen-bond acceptors (Lipinski definition) is 1. The highest BCUT2D eigenvalue weighted by molar-refractivity contribution is 5.83. The number of nitrogens with one attached hydrogen (secondary N) is 1. The van der Waals surface area contributed by atoms with Crippen LogP contribution in [-0.4, -0.2) is 14.5 Å². The molecule has 3 nitrogen and oxygen atoms in total. The Kier molecular flexibility index (Phi) is 1.83. The van der Waals surface area contributed by atoms with Gasteiger partial charge in [-0.2, -0.15) is 0 Å². The zero-order valence-corrected chi connectivity index (χ0v) is 9.67.